The van der Waals surface area contributed by atoms with Crippen LogP contribution < -0.4 is 5.32 Å². The summed E-state index contributed by atoms with van der Waals surface area (Å²) in [5.41, 5.74) is 2.83. The van der Waals surface area contributed by atoms with Gasteiger partial charge in [-0.1, -0.05) is 17.3 Å². The van der Waals surface area contributed by atoms with E-state index in [4.69, 9.17) is 4.52 Å². The van der Waals surface area contributed by atoms with E-state index in [1.165, 1.54) is 0 Å². The molecule has 3 rings (SSSR count). The summed E-state index contributed by atoms with van der Waals surface area (Å²) in [6, 6.07) is 7.88. The van der Waals surface area contributed by atoms with Crippen LogP contribution in [0.25, 0.3) is 0 Å². The van der Waals surface area contributed by atoms with Crippen molar-refractivity contribution in [2.24, 2.45) is 5.92 Å². The van der Waals surface area contributed by atoms with Crippen LogP contribution >= 0.6 is 11.8 Å². The number of hydrogen-bond donors (Lipinski definition) is 1. The van der Waals surface area contributed by atoms with Crippen molar-refractivity contribution in [3.05, 3.63) is 46.8 Å². The average Bonchev–Trinajstić information content (AvgIpc) is 3.20. The van der Waals surface area contributed by atoms with Gasteiger partial charge in [0.2, 0.25) is 0 Å². The van der Waals surface area contributed by atoms with Gasteiger partial charge < -0.3 is 14.7 Å². The number of likely N-dealkylation sites (tertiary alicyclic amines) is 1. The lowest BCUT2D eigenvalue weighted by Crippen LogP contribution is -2.30. The Morgan fingerprint density at radius 3 is 2.92 bits per heavy atom. The molecule has 1 N–H and O–H groups in total. The first-order valence-corrected chi connectivity index (χ1v) is 9.66. The number of nitrogens with one attached hydrogen (secondary N) is 1. The van der Waals surface area contributed by atoms with Gasteiger partial charge in [-0.2, -0.15) is 0 Å². The number of thioether (sulfide) groups is 1. The van der Waals surface area contributed by atoms with Crippen molar-refractivity contribution < 1.29 is 9.32 Å². The van der Waals surface area contributed by atoms with Gasteiger partial charge in [0, 0.05) is 29.3 Å². The summed E-state index contributed by atoms with van der Waals surface area (Å²) in [5, 5.41) is 7.22. The second-order valence-electron chi connectivity index (χ2n) is 6.55. The van der Waals surface area contributed by atoms with Crippen molar-refractivity contribution in [3.8, 4) is 0 Å². The largest absolute Gasteiger partial charge is 0.361 e. The summed E-state index contributed by atoms with van der Waals surface area (Å²) >= 11 is 1.67. The van der Waals surface area contributed by atoms with Crippen molar-refractivity contribution >= 4 is 17.7 Å². The number of rotatable bonds is 6. The van der Waals surface area contributed by atoms with Crippen LogP contribution in [0.15, 0.2) is 33.7 Å². The first-order valence-electron chi connectivity index (χ1n) is 8.67. The zero-order valence-corrected chi connectivity index (χ0v) is 15.9. The summed E-state index contributed by atoms with van der Waals surface area (Å²) in [7, 11) is 1.96. The topological polar surface area (TPSA) is 58.4 Å². The van der Waals surface area contributed by atoms with Gasteiger partial charge >= 0.3 is 0 Å². The van der Waals surface area contributed by atoms with Gasteiger partial charge in [0.25, 0.3) is 5.91 Å². The molecule has 1 aliphatic rings. The molecule has 0 radical (unpaired) electrons. The minimum absolute atomic E-state index is 0.139. The first kappa shape index (κ1) is 18.0. The number of nitrogens with zero attached hydrogens (tertiary/aromatic N) is 2. The number of benzene rings is 1. The van der Waals surface area contributed by atoms with Gasteiger partial charge in [-0.15, -0.1) is 11.8 Å². The first-order chi connectivity index (χ1) is 12.1. The number of amides is 1. The third-order valence-electron chi connectivity index (χ3n) is 4.74. The molecule has 1 saturated heterocycles. The van der Waals surface area contributed by atoms with E-state index in [1.54, 1.807) is 11.8 Å². The second-order valence-corrected chi connectivity index (χ2v) is 7.57. The molecular formula is C19H25N3O2S. The molecule has 1 fully saturated rings. The quantitative estimate of drug-likeness (QED) is 0.802. The highest BCUT2D eigenvalue weighted by Gasteiger charge is 2.27. The van der Waals surface area contributed by atoms with Crippen LogP contribution in [0, 0.1) is 19.8 Å². The fourth-order valence-electron chi connectivity index (χ4n) is 3.27. The van der Waals surface area contributed by atoms with Gasteiger partial charge in [-0.05, 0) is 51.9 Å². The van der Waals surface area contributed by atoms with Gasteiger partial charge in [-0.3, -0.25) is 4.79 Å². The molecule has 6 heteroatoms. The Hall–Kier alpha value is -1.79. The van der Waals surface area contributed by atoms with Crippen molar-refractivity contribution in [3.63, 3.8) is 0 Å². The molecule has 0 bridgehead atoms. The molecule has 1 aromatic carbocycles. The Morgan fingerprint density at radius 1 is 1.40 bits per heavy atom. The molecule has 1 aliphatic heterocycles. The maximum atomic E-state index is 13.0. The average molecular weight is 359 g/mol. The van der Waals surface area contributed by atoms with Crippen molar-refractivity contribution in [2.45, 2.75) is 30.9 Å². The summed E-state index contributed by atoms with van der Waals surface area (Å²) in [6.07, 6.45) is 1.07. The molecule has 1 atom stereocenters. The molecule has 0 saturated carbocycles. The highest BCUT2D eigenvalue weighted by Crippen LogP contribution is 2.30. The normalized spacial score (nSPS) is 17.2. The molecular weight excluding hydrogens is 334 g/mol. The Balaban J connectivity index is 1.71. The highest BCUT2D eigenvalue weighted by atomic mass is 32.2. The molecule has 2 heterocycles. The number of aromatic nitrogens is 1. The van der Waals surface area contributed by atoms with E-state index in [2.05, 4.69) is 10.5 Å². The second kappa shape index (κ2) is 8.06. The van der Waals surface area contributed by atoms with E-state index in [1.807, 2.05) is 50.1 Å². The summed E-state index contributed by atoms with van der Waals surface area (Å²) in [4.78, 5) is 16.0. The number of aryl methyl sites for hydroxylation is 2. The van der Waals surface area contributed by atoms with E-state index < -0.39 is 0 Å². The van der Waals surface area contributed by atoms with Crippen LogP contribution in [0.2, 0.25) is 0 Å². The number of carbonyl (C=O) groups excluding carboxylic acids is 1. The SMILES string of the molecule is CNCC1CCN(C(=O)c2ccccc2SCc2c(C)noc2C)C1. The fourth-order valence-corrected chi connectivity index (χ4v) is 4.47. The predicted octanol–water partition coefficient (Wildman–Crippen LogP) is 3.27. The van der Waals surface area contributed by atoms with E-state index in [0.29, 0.717) is 5.92 Å². The Labute approximate surface area is 153 Å². The van der Waals surface area contributed by atoms with Crippen LogP contribution in [-0.2, 0) is 5.75 Å². The van der Waals surface area contributed by atoms with Crippen LogP contribution in [-0.4, -0.2) is 42.6 Å². The smallest absolute Gasteiger partial charge is 0.254 e. The van der Waals surface area contributed by atoms with E-state index in [0.717, 1.165) is 59.3 Å². The molecule has 134 valence electrons. The Bertz CT molecular complexity index is 725. The third-order valence-corrected chi connectivity index (χ3v) is 5.84. The fraction of sp³-hybridized carbons (Fsp3) is 0.474. The number of hydrogen-bond acceptors (Lipinski definition) is 5. The molecule has 1 aromatic heterocycles. The van der Waals surface area contributed by atoms with Crippen LogP contribution in [0.5, 0.6) is 0 Å². The van der Waals surface area contributed by atoms with Crippen LogP contribution in [0.4, 0.5) is 0 Å². The minimum atomic E-state index is 0.139. The molecule has 0 aliphatic carbocycles. The van der Waals surface area contributed by atoms with Gasteiger partial charge in [0.1, 0.15) is 5.76 Å². The Kier molecular flexibility index (Phi) is 5.81. The monoisotopic (exact) mass is 359 g/mol. The molecule has 1 amide bonds. The number of carbonyl (C=O) groups is 1. The molecule has 5 nitrogen and oxygen atoms in total. The lowest BCUT2D eigenvalue weighted by atomic mass is 10.1. The predicted molar refractivity (Wildman–Crippen MR) is 99.9 cm³/mol. The van der Waals surface area contributed by atoms with E-state index in [-0.39, 0.29) is 5.91 Å². The molecule has 25 heavy (non-hydrogen) atoms. The van der Waals surface area contributed by atoms with Crippen LogP contribution in [0.1, 0.15) is 33.8 Å². The maximum Gasteiger partial charge on any atom is 0.254 e. The zero-order valence-electron chi connectivity index (χ0n) is 15.0. The van der Waals surface area contributed by atoms with E-state index in [9.17, 15) is 4.79 Å². The summed E-state index contributed by atoms with van der Waals surface area (Å²) in [6.45, 7) is 6.53. The lowest BCUT2D eigenvalue weighted by Gasteiger charge is -2.18. The standard InChI is InChI=1S/C19H25N3O2S/c1-13-17(14(2)24-21-13)12-25-18-7-5-4-6-16(18)19(23)22-9-8-15(11-22)10-20-3/h4-7,15,20H,8-12H2,1-3H3. The van der Waals surface area contributed by atoms with Crippen LogP contribution in [0.3, 0.4) is 0 Å². The van der Waals surface area contributed by atoms with Gasteiger partial charge in [0.15, 0.2) is 0 Å². The van der Waals surface area contributed by atoms with Gasteiger partial charge in [-0.25, -0.2) is 0 Å². The van der Waals surface area contributed by atoms with Crippen molar-refractivity contribution in [1.82, 2.24) is 15.4 Å². The summed E-state index contributed by atoms with van der Waals surface area (Å²) < 4.78 is 5.23. The molecule has 2 aromatic rings. The lowest BCUT2D eigenvalue weighted by molar-refractivity contribution is 0.0784. The maximum absolute atomic E-state index is 13.0. The van der Waals surface area contributed by atoms with Crippen molar-refractivity contribution in [2.75, 3.05) is 26.7 Å². The highest BCUT2D eigenvalue weighted by molar-refractivity contribution is 7.98. The Morgan fingerprint density at radius 2 is 2.20 bits per heavy atom. The summed E-state index contributed by atoms with van der Waals surface area (Å²) in [5.74, 6) is 2.30. The molecule has 1 unspecified atom stereocenters. The minimum Gasteiger partial charge on any atom is -0.361 e. The zero-order chi connectivity index (χ0) is 17.8. The third kappa shape index (κ3) is 4.07. The van der Waals surface area contributed by atoms with Gasteiger partial charge in [0.05, 0.1) is 11.3 Å². The van der Waals surface area contributed by atoms with Crippen molar-refractivity contribution in [1.29, 1.82) is 0 Å². The van der Waals surface area contributed by atoms with E-state index >= 15 is 0 Å². The molecule has 0 spiro atoms.